The van der Waals surface area contributed by atoms with Crippen LogP contribution in [0.4, 0.5) is 0 Å². The Morgan fingerprint density at radius 1 is 1.23 bits per heavy atom. The zero-order valence-corrected chi connectivity index (χ0v) is 13.8. The molecule has 3 heteroatoms. The van der Waals surface area contributed by atoms with Crippen molar-refractivity contribution in [2.24, 2.45) is 0 Å². The van der Waals surface area contributed by atoms with Crippen molar-refractivity contribution < 1.29 is 14.6 Å². The van der Waals surface area contributed by atoms with Gasteiger partial charge in [-0.05, 0) is 49.5 Å². The summed E-state index contributed by atoms with van der Waals surface area (Å²) in [6, 6.07) is 5.29. The number of allylic oxidation sites excluding steroid dienone is 2. The minimum Gasteiger partial charge on any atom is -0.504 e. The Morgan fingerprint density at radius 3 is 2.77 bits per heavy atom. The molecule has 1 rings (SSSR count). The lowest BCUT2D eigenvalue weighted by Gasteiger charge is -2.08. The van der Waals surface area contributed by atoms with Gasteiger partial charge >= 0.3 is 0 Å². The second-order valence-electron chi connectivity index (χ2n) is 5.52. The van der Waals surface area contributed by atoms with Gasteiger partial charge in [-0.25, -0.2) is 0 Å². The molecular formula is C19H28O3. The number of benzene rings is 1. The first kappa shape index (κ1) is 18.3. The van der Waals surface area contributed by atoms with Gasteiger partial charge in [0.15, 0.2) is 17.3 Å². The van der Waals surface area contributed by atoms with Gasteiger partial charge < -0.3 is 9.84 Å². The molecule has 3 nitrogen and oxygen atoms in total. The van der Waals surface area contributed by atoms with Gasteiger partial charge in [0, 0.05) is 6.42 Å². The summed E-state index contributed by atoms with van der Waals surface area (Å²) in [7, 11) is 0. The number of ketones is 1. The topological polar surface area (TPSA) is 46.5 Å². The summed E-state index contributed by atoms with van der Waals surface area (Å²) in [6.45, 7) is 4.77. The van der Waals surface area contributed by atoms with Crippen LogP contribution in [0.3, 0.4) is 0 Å². The van der Waals surface area contributed by atoms with Gasteiger partial charge in [-0.15, -0.1) is 0 Å². The van der Waals surface area contributed by atoms with Crippen LogP contribution < -0.4 is 4.74 Å². The summed E-state index contributed by atoms with van der Waals surface area (Å²) < 4.78 is 5.49. The zero-order chi connectivity index (χ0) is 16.2. The Hall–Kier alpha value is -1.77. The number of rotatable bonds is 11. The van der Waals surface area contributed by atoms with Crippen LogP contribution in [-0.4, -0.2) is 17.5 Å². The van der Waals surface area contributed by atoms with Gasteiger partial charge in [-0.3, -0.25) is 4.79 Å². The Labute approximate surface area is 134 Å². The molecule has 22 heavy (non-hydrogen) atoms. The maximum Gasteiger partial charge on any atom is 0.161 e. The van der Waals surface area contributed by atoms with Crippen molar-refractivity contribution >= 4 is 5.78 Å². The summed E-state index contributed by atoms with van der Waals surface area (Å²) in [5.41, 5.74) is 1.01. The molecule has 0 spiro atoms. The molecule has 0 aliphatic carbocycles. The second kappa shape index (κ2) is 10.9. The number of carbonyl (C=O) groups is 1. The van der Waals surface area contributed by atoms with Gasteiger partial charge in [0.1, 0.15) is 0 Å². The number of hydrogen-bond donors (Lipinski definition) is 1. The number of aromatic hydroxyl groups is 1. The number of phenols is 1. The normalized spacial score (nSPS) is 11.0. The zero-order valence-electron chi connectivity index (χ0n) is 13.8. The Morgan fingerprint density at radius 2 is 2.05 bits per heavy atom. The van der Waals surface area contributed by atoms with E-state index >= 15 is 0 Å². The summed E-state index contributed by atoms with van der Waals surface area (Å²) in [6.07, 6.45) is 10.3. The van der Waals surface area contributed by atoms with Crippen LogP contribution in [0.5, 0.6) is 11.5 Å². The number of phenolic OH excluding ortho intramolecular Hbond substituents is 1. The van der Waals surface area contributed by atoms with Crippen molar-refractivity contribution in [2.75, 3.05) is 6.61 Å². The Kier molecular flexibility index (Phi) is 9.04. The van der Waals surface area contributed by atoms with E-state index in [1.165, 1.54) is 12.8 Å². The number of unbranched alkanes of at least 4 members (excludes halogenated alkanes) is 3. The molecule has 1 N–H and O–H groups in total. The highest BCUT2D eigenvalue weighted by atomic mass is 16.5. The Bertz CT molecular complexity index is 478. The van der Waals surface area contributed by atoms with Gasteiger partial charge in [-0.1, -0.05) is 38.8 Å². The highest BCUT2D eigenvalue weighted by Gasteiger charge is 2.05. The van der Waals surface area contributed by atoms with Crippen molar-refractivity contribution in [1.29, 1.82) is 0 Å². The molecule has 0 bridgehead atoms. The smallest absolute Gasteiger partial charge is 0.161 e. The molecule has 1 aromatic rings. The quantitative estimate of drug-likeness (QED) is 0.471. The third-order valence-electron chi connectivity index (χ3n) is 3.42. The SMILES string of the molecule is CCCCCC=CC(=O)CCc1ccc(O)c(OCCC)c1. The number of aryl methyl sites for hydroxylation is 1. The van der Waals surface area contributed by atoms with E-state index in [0.717, 1.165) is 24.8 Å². The van der Waals surface area contributed by atoms with E-state index in [0.29, 0.717) is 25.2 Å². The molecule has 1 aromatic carbocycles. The number of hydrogen-bond acceptors (Lipinski definition) is 3. The third-order valence-corrected chi connectivity index (χ3v) is 3.42. The first-order valence-corrected chi connectivity index (χ1v) is 8.31. The van der Waals surface area contributed by atoms with Crippen molar-refractivity contribution in [1.82, 2.24) is 0 Å². The van der Waals surface area contributed by atoms with E-state index in [1.54, 1.807) is 12.1 Å². The molecular weight excluding hydrogens is 276 g/mol. The molecule has 0 radical (unpaired) electrons. The van der Waals surface area contributed by atoms with Crippen LogP contribution in [0.2, 0.25) is 0 Å². The van der Waals surface area contributed by atoms with Crippen LogP contribution in [0.1, 0.15) is 57.9 Å². The van der Waals surface area contributed by atoms with E-state index < -0.39 is 0 Å². The van der Waals surface area contributed by atoms with Crippen molar-refractivity contribution in [3.63, 3.8) is 0 Å². The second-order valence-corrected chi connectivity index (χ2v) is 5.52. The molecule has 0 amide bonds. The van der Waals surface area contributed by atoms with Gasteiger partial charge in [0.25, 0.3) is 0 Å². The van der Waals surface area contributed by atoms with Crippen molar-refractivity contribution in [3.8, 4) is 11.5 Å². The van der Waals surface area contributed by atoms with Gasteiger partial charge in [-0.2, -0.15) is 0 Å². The standard InChI is InChI=1S/C19H28O3/c1-3-5-6-7-8-9-17(20)12-10-16-11-13-18(21)19(15-16)22-14-4-2/h8-9,11,13,15,21H,3-7,10,12,14H2,1-2H3. The predicted molar refractivity (Wildman–Crippen MR) is 90.5 cm³/mol. The average Bonchev–Trinajstić information content (AvgIpc) is 2.52. The summed E-state index contributed by atoms with van der Waals surface area (Å²) in [4.78, 5) is 11.8. The van der Waals surface area contributed by atoms with E-state index in [1.807, 2.05) is 25.1 Å². The van der Waals surface area contributed by atoms with Crippen LogP contribution in [0.15, 0.2) is 30.4 Å². The Balaban J connectivity index is 2.41. The van der Waals surface area contributed by atoms with Crippen LogP contribution >= 0.6 is 0 Å². The first-order chi connectivity index (χ1) is 10.7. The summed E-state index contributed by atoms with van der Waals surface area (Å²) in [5, 5.41) is 9.72. The molecule has 0 saturated heterocycles. The van der Waals surface area contributed by atoms with Crippen LogP contribution in [-0.2, 0) is 11.2 Å². The lowest BCUT2D eigenvalue weighted by molar-refractivity contribution is -0.114. The summed E-state index contributed by atoms with van der Waals surface area (Å²) >= 11 is 0. The van der Waals surface area contributed by atoms with Gasteiger partial charge in [0.05, 0.1) is 6.61 Å². The predicted octanol–water partition coefficient (Wildman–Crippen LogP) is 4.82. The lowest BCUT2D eigenvalue weighted by Crippen LogP contribution is -1.99. The molecule has 122 valence electrons. The fourth-order valence-electron chi connectivity index (χ4n) is 2.12. The highest BCUT2D eigenvalue weighted by molar-refractivity contribution is 5.89. The van der Waals surface area contributed by atoms with E-state index in [9.17, 15) is 9.90 Å². The lowest BCUT2D eigenvalue weighted by atomic mass is 10.1. The molecule has 0 aliphatic heterocycles. The highest BCUT2D eigenvalue weighted by Crippen LogP contribution is 2.27. The van der Waals surface area contributed by atoms with Crippen LogP contribution in [0.25, 0.3) is 0 Å². The minimum atomic E-state index is 0.152. The van der Waals surface area contributed by atoms with Crippen molar-refractivity contribution in [2.45, 2.75) is 58.8 Å². The minimum absolute atomic E-state index is 0.152. The van der Waals surface area contributed by atoms with E-state index in [-0.39, 0.29) is 11.5 Å². The average molecular weight is 304 g/mol. The largest absolute Gasteiger partial charge is 0.504 e. The third kappa shape index (κ3) is 7.30. The molecule has 0 fully saturated rings. The maximum absolute atomic E-state index is 11.8. The molecule has 0 heterocycles. The first-order valence-electron chi connectivity index (χ1n) is 8.31. The molecule has 0 aliphatic rings. The molecule has 0 unspecified atom stereocenters. The van der Waals surface area contributed by atoms with Crippen LogP contribution in [0, 0.1) is 0 Å². The molecule has 0 saturated carbocycles. The monoisotopic (exact) mass is 304 g/mol. The van der Waals surface area contributed by atoms with E-state index in [4.69, 9.17) is 4.74 Å². The fraction of sp³-hybridized carbons (Fsp3) is 0.526. The van der Waals surface area contributed by atoms with Gasteiger partial charge in [0.2, 0.25) is 0 Å². The fourth-order valence-corrected chi connectivity index (χ4v) is 2.12. The van der Waals surface area contributed by atoms with Crippen molar-refractivity contribution in [3.05, 3.63) is 35.9 Å². The molecule has 0 atom stereocenters. The molecule has 0 aromatic heterocycles. The number of carbonyl (C=O) groups excluding carboxylic acids is 1. The number of ether oxygens (including phenoxy) is 1. The maximum atomic E-state index is 11.8. The van der Waals surface area contributed by atoms with E-state index in [2.05, 4.69) is 6.92 Å². The summed E-state index contributed by atoms with van der Waals surface area (Å²) in [5.74, 6) is 0.807.